The molecule has 0 aromatic heterocycles. The van der Waals surface area contributed by atoms with Crippen LogP contribution >= 0.6 is 45.8 Å². The van der Waals surface area contributed by atoms with E-state index >= 15 is 0 Å². The van der Waals surface area contributed by atoms with Crippen molar-refractivity contribution in [2.24, 2.45) is 0 Å². The van der Waals surface area contributed by atoms with E-state index < -0.39 is 10.8 Å². The zero-order valence-corrected chi connectivity index (χ0v) is 22.4. The van der Waals surface area contributed by atoms with Crippen LogP contribution in [-0.2, 0) is 11.4 Å². The van der Waals surface area contributed by atoms with Crippen molar-refractivity contribution in [2.45, 2.75) is 13.5 Å². The van der Waals surface area contributed by atoms with E-state index in [4.69, 9.17) is 32.7 Å². The molecule has 0 aliphatic carbocycles. The van der Waals surface area contributed by atoms with Crippen molar-refractivity contribution in [1.82, 2.24) is 0 Å². The summed E-state index contributed by atoms with van der Waals surface area (Å²) in [6.07, 6.45) is 1.40. The predicted molar refractivity (Wildman–Crippen MR) is 146 cm³/mol. The molecule has 0 unspecified atom stereocenters. The number of nitro benzene ring substituents is 1. The van der Waals surface area contributed by atoms with Crippen LogP contribution < -0.4 is 14.8 Å². The van der Waals surface area contributed by atoms with Crippen molar-refractivity contribution >= 4 is 69.2 Å². The normalized spacial score (nSPS) is 10.9. The number of nitriles is 1. The Bertz CT molecular complexity index is 1390. The molecule has 0 heterocycles. The van der Waals surface area contributed by atoms with E-state index in [0.717, 1.165) is 5.56 Å². The second-order valence-electron chi connectivity index (χ2n) is 7.22. The molecule has 3 aromatic rings. The Kier molecular flexibility index (Phi) is 9.52. The highest BCUT2D eigenvalue weighted by Gasteiger charge is 2.16. The fourth-order valence-corrected chi connectivity index (χ4v) is 4.32. The highest BCUT2D eigenvalue weighted by atomic mass is 127. The molecule has 1 amide bonds. The van der Waals surface area contributed by atoms with E-state index in [1.807, 2.05) is 13.0 Å². The van der Waals surface area contributed by atoms with Crippen LogP contribution in [0.5, 0.6) is 11.5 Å². The van der Waals surface area contributed by atoms with Gasteiger partial charge in [0.15, 0.2) is 11.5 Å². The van der Waals surface area contributed by atoms with Gasteiger partial charge in [-0.2, -0.15) is 5.26 Å². The number of carbonyl (C=O) groups is 1. The van der Waals surface area contributed by atoms with Gasteiger partial charge in [0.05, 0.1) is 15.1 Å². The van der Waals surface area contributed by atoms with Crippen LogP contribution in [0, 0.1) is 25.0 Å². The summed E-state index contributed by atoms with van der Waals surface area (Å²) in [5.74, 6) is 0.209. The Hall–Kier alpha value is -3.33. The lowest BCUT2D eigenvalue weighted by atomic mass is 10.1. The highest BCUT2D eigenvalue weighted by Crippen LogP contribution is 2.36. The average Bonchev–Trinajstić information content (AvgIpc) is 2.83. The third-order valence-corrected chi connectivity index (χ3v) is 6.10. The molecule has 0 aliphatic heterocycles. The molecule has 36 heavy (non-hydrogen) atoms. The number of benzene rings is 3. The maximum atomic E-state index is 12.7. The number of non-ortho nitro benzene ring substituents is 1. The van der Waals surface area contributed by atoms with Crippen molar-refractivity contribution in [3.63, 3.8) is 0 Å². The van der Waals surface area contributed by atoms with Gasteiger partial charge in [0.1, 0.15) is 18.2 Å². The lowest BCUT2D eigenvalue weighted by molar-refractivity contribution is -0.384. The van der Waals surface area contributed by atoms with E-state index in [2.05, 4.69) is 27.9 Å². The number of hydrogen-bond donors (Lipinski definition) is 1. The van der Waals surface area contributed by atoms with Crippen molar-refractivity contribution in [1.29, 1.82) is 5.26 Å². The number of anilines is 1. The minimum Gasteiger partial charge on any atom is -0.490 e. The largest absolute Gasteiger partial charge is 0.490 e. The van der Waals surface area contributed by atoms with Gasteiger partial charge in [-0.05, 0) is 71.5 Å². The number of nitrogens with one attached hydrogen (secondary N) is 1. The first-order valence-corrected chi connectivity index (χ1v) is 12.3. The van der Waals surface area contributed by atoms with Crippen LogP contribution in [-0.4, -0.2) is 17.4 Å². The molecular weight excluding hydrogens is 620 g/mol. The number of nitro groups is 1. The maximum absolute atomic E-state index is 12.7. The van der Waals surface area contributed by atoms with Gasteiger partial charge in [-0.3, -0.25) is 14.9 Å². The Morgan fingerprint density at radius 3 is 2.64 bits per heavy atom. The van der Waals surface area contributed by atoms with Crippen molar-refractivity contribution < 1.29 is 19.2 Å². The van der Waals surface area contributed by atoms with Crippen molar-refractivity contribution in [2.75, 3.05) is 11.9 Å². The summed E-state index contributed by atoms with van der Waals surface area (Å²) in [6, 6.07) is 15.8. The number of ether oxygens (including phenoxy) is 2. The molecule has 11 heteroatoms. The van der Waals surface area contributed by atoms with Gasteiger partial charge in [0, 0.05) is 33.4 Å². The summed E-state index contributed by atoms with van der Waals surface area (Å²) in [5, 5.41) is 24.0. The summed E-state index contributed by atoms with van der Waals surface area (Å²) < 4.78 is 12.4. The molecule has 0 saturated carbocycles. The monoisotopic (exact) mass is 637 g/mol. The smallest absolute Gasteiger partial charge is 0.271 e. The van der Waals surface area contributed by atoms with E-state index in [0.29, 0.717) is 37.3 Å². The van der Waals surface area contributed by atoms with Crippen LogP contribution in [0.25, 0.3) is 6.08 Å². The summed E-state index contributed by atoms with van der Waals surface area (Å²) in [6.45, 7) is 2.36. The van der Waals surface area contributed by atoms with Crippen LogP contribution in [0.1, 0.15) is 18.1 Å². The molecule has 8 nitrogen and oxygen atoms in total. The van der Waals surface area contributed by atoms with Gasteiger partial charge >= 0.3 is 0 Å². The fourth-order valence-electron chi connectivity index (χ4n) is 3.07. The SMILES string of the molecule is CCOc1cc(/C=C(/C#N)C(=O)Nc2cccc([N+](=O)[O-])c2)cc(I)c1OCc1ccc(Cl)cc1Cl. The molecule has 3 aromatic carbocycles. The summed E-state index contributed by atoms with van der Waals surface area (Å²) in [4.78, 5) is 23.1. The Labute approximate surface area is 230 Å². The molecule has 0 aliphatic rings. The fraction of sp³-hybridized carbons (Fsp3) is 0.120. The number of halogens is 3. The summed E-state index contributed by atoms with van der Waals surface area (Å²) in [7, 11) is 0. The molecule has 0 fully saturated rings. The second-order valence-corrected chi connectivity index (χ2v) is 9.22. The molecule has 0 atom stereocenters. The number of rotatable bonds is 9. The Morgan fingerprint density at radius 1 is 1.19 bits per heavy atom. The van der Waals surface area contributed by atoms with E-state index in [-0.39, 0.29) is 23.6 Å². The minimum atomic E-state index is -0.705. The van der Waals surface area contributed by atoms with Gasteiger partial charge in [0.25, 0.3) is 11.6 Å². The van der Waals surface area contributed by atoms with Crippen LogP contribution in [0.15, 0.2) is 60.2 Å². The van der Waals surface area contributed by atoms with Gasteiger partial charge in [-0.15, -0.1) is 0 Å². The van der Waals surface area contributed by atoms with Gasteiger partial charge in [-0.1, -0.05) is 35.3 Å². The summed E-state index contributed by atoms with van der Waals surface area (Å²) in [5.41, 5.74) is 1.10. The van der Waals surface area contributed by atoms with E-state index in [1.54, 1.807) is 30.3 Å². The predicted octanol–water partition coefficient (Wildman–Crippen LogP) is 7.03. The van der Waals surface area contributed by atoms with Gasteiger partial charge in [0.2, 0.25) is 0 Å². The molecular formula is C25H18Cl2IN3O5. The first-order chi connectivity index (χ1) is 17.2. The average molecular weight is 638 g/mol. The first-order valence-electron chi connectivity index (χ1n) is 10.4. The molecule has 0 saturated heterocycles. The van der Waals surface area contributed by atoms with Crippen molar-refractivity contribution in [3.8, 4) is 17.6 Å². The van der Waals surface area contributed by atoms with E-state index in [1.165, 1.54) is 30.3 Å². The second kappa shape index (κ2) is 12.6. The minimum absolute atomic E-state index is 0.177. The number of carbonyl (C=O) groups excluding carboxylic acids is 1. The first kappa shape index (κ1) is 27.3. The Balaban J connectivity index is 1.85. The number of amides is 1. The van der Waals surface area contributed by atoms with Crippen LogP contribution in [0.4, 0.5) is 11.4 Å². The van der Waals surface area contributed by atoms with Crippen LogP contribution in [0.2, 0.25) is 10.0 Å². The lowest BCUT2D eigenvalue weighted by Gasteiger charge is -2.15. The maximum Gasteiger partial charge on any atom is 0.271 e. The number of hydrogen-bond acceptors (Lipinski definition) is 6. The number of nitrogens with zero attached hydrogens (tertiary/aromatic N) is 2. The summed E-state index contributed by atoms with van der Waals surface area (Å²) >= 11 is 14.3. The van der Waals surface area contributed by atoms with Gasteiger partial charge < -0.3 is 14.8 Å². The molecule has 0 bridgehead atoms. The standard InChI is InChI=1S/C25H18Cl2IN3O5/c1-2-35-23-10-15(9-22(28)24(23)36-14-16-6-7-18(26)11-21(16)27)8-17(13-29)25(32)30-19-4-3-5-20(12-19)31(33)34/h3-12H,2,14H2,1H3,(H,30,32)/b17-8-. The molecule has 1 N–H and O–H groups in total. The zero-order chi connectivity index (χ0) is 26.2. The third kappa shape index (κ3) is 7.10. The molecule has 0 radical (unpaired) electrons. The Morgan fingerprint density at radius 2 is 1.97 bits per heavy atom. The molecule has 184 valence electrons. The quantitative estimate of drug-likeness (QED) is 0.0886. The third-order valence-electron chi connectivity index (χ3n) is 4.71. The highest BCUT2D eigenvalue weighted by molar-refractivity contribution is 14.1. The van der Waals surface area contributed by atoms with Gasteiger partial charge in [-0.25, -0.2) is 0 Å². The molecule has 3 rings (SSSR count). The lowest BCUT2D eigenvalue weighted by Crippen LogP contribution is -2.13. The zero-order valence-electron chi connectivity index (χ0n) is 18.8. The molecule has 0 spiro atoms. The topological polar surface area (TPSA) is 114 Å². The van der Waals surface area contributed by atoms with Crippen LogP contribution in [0.3, 0.4) is 0 Å². The van der Waals surface area contributed by atoms with E-state index in [9.17, 15) is 20.2 Å². The van der Waals surface area contributed by atoms with Crippen molar-refractivity contribution in [3.05, 3.63) is 95.0 Å².